The molecule has 0 bridgehead atoms. The van der Waals surface area contributed by atoms with Crippen LogP contribution in [0, 0.1) is 0 Å². The summed E-state index contributed by atoms with van der Waals surface area (Å²) in [7, 11) is -0.222. The van der Waals surface area contributed by atoms with E-state index in [2.05, 4.69) is 37.3 Å². The number of thioether (sulfide) groups is 1. The first-order valence-electron chi connectivity index (χ1n) is 15.0. The molecule has 0 aromatic rings. The van der Waals surface area contributed by atoms with Crippen molar-refractivity contribution in [3.63, 3.8) is 0 Å². The minimum Gasteiger partial charge on any atom is -0.461 e. The van der Waals surface area contributed by atoms with Crippen molar-refractivity contribution in [1.82, 2.24) is 0 Å². The normalized spacial score (nSPS) is 14.9. The van der Waals surface area contributed by atoms with Gasteiger partial charge in [-0.3, -0.25) is 0 Å². The Morgan fingerprint density at radius 2 is 1.32 bits per heavy atom. The number of ether oxygens (including phenoxy) is 3. The average Bonchev–Trinajstić information content (AvgIpc) is 2.91. The lowest BCUT2D eigenvalue weighted by Gasteiger charge is -2.24. The number of carbonyl (C=O) groups is 1. The van der Waals surface area contributed by atoms with E-state index in [9.17, 15) is 14.5 Å². The molecule has 0 amide bonds. The first-order valence-corrected chi connectivity index (χ1v) is 17.0. The minimum atomic E-state index is -2.38. The minimum absolute atomic E-state index is 0.0708. The Balaban J connectivity index is 4.26. The molecule has 1 N–H and O–H groups in total. The zero-order valence-corrected chi connectivity index (χ0v) is 26.2. The van der Waals surface area contributed by atoms with Gasteiger partial charge in [0.15, 0.2) is 0 Å². The maximum atomic E-state index is 11.5. The quantitative estimate of drug-likeness (QED) is 0.0441. The molecule has 6 nitrogen and oxygen atoms in total. The van der Waals surface area contributed by atoms with Gasteiger partial charge < -0.3 is 19.3 Å². The van der Waals surface area contributed by atoms with Crippen molar-refractivity contribution in [3.05, 3.63) is 0 Å². The Kier molecular flexibility index (Phi) is 25.9. The van der Waals surface area contributed by atoms with E-state index in [0.29, 0.717) is 18.3 Å². The van der Waals surface area contributed by atoms with Crippen molar-refractivity contribution >= 4 is 26.2 Å². The second kappa shape index (κ2) is 26.0. The molecule has 0 aliphatic heterocycles. The number of carbonyl (C=O) groups excluding carboxylic acids is 1. The monoisotopic (exact) mass is 565 g/mol. The fourth-order valence-electron chi connectivity index (χ4n) is 4.33. The topological polar surface area (TPSA) is 82.1 Å². The third kappa shape index (κ3) is 20.4. The lowest BCUT2D eigenvalue weighted by molar-refractivity contribution is -0.193. The number of methoxy groups -OCH3 is 1. The van der Waals surface area contributed by atoms with Crippen LogP contribution < -0.4 is 0 Å². The summed E-state index contributed by atoms with van der Waals surface area (Å²) in [5.41, 5.74) is -2.38. The number of esters is 1. The van der Waals surface area contributed by atoms with Gasteiger partial charge in [-0.25, -0.2) is 4.79 Å². The van der Waals surface area contributed by atoms with Crippen molar-refractivity contribution in [3.8, 4) is 0 Å². The van der Waals surface area contributed by atoms with Crippen LogP contribution in [0.5, 0.6) is 0 Å². The first kappa shape index (κ1) is 36.8. The van der Waals surface area contributed by atoms with Crippen LogP contribution in [-0.2, 0) is 23.6 Å². The highest BCUT2D eigenvalue weighted by Crippen LogP contribution is 2.26. The van der Waals surface area contributed by atoms with Gasteiger partial charge in [-0.1, -0.05) is 115 Å². The molecule has 0 aliphatic rings. The van der Waals surface area contributed by atoms with Gasteiger partial charge >= 0.3 is 20.0 Å². The van der Waals surface area contributed by atoms with E-state index in [1.54, 1.807) is 0 Å². The zero-order chi connectivity index (χ0) is 27.6. The second-order valence-corrected chi connectivity index (χ2v) is 12.4. The Hall–Kier alpha value is -0.200. The van der Waals surface area contributed by atoms with E-state index in [4.69, 9.17) is 9.47 Å². The molecular formula is C29H58O6PS+. The summed E-state index contributed by atoms with van der Waals surface area (Å²) >= 11 is 2.06. The van der Waals surface area contributed by atoms with Crippen LogP contribution in [0.4, 0.5) is 0 Å². The van der Waals surface area contributed by atoms with Crippen molar-refractivity contribution < 1.29 is 28.7 Å². The Morgan fingerprint density at radius 1 is 0.811 bits per heavy atom. The standard InChI is InChI=1S/C29H57O6PS/c1-5-7-9-11-13-14-15-16-18-20-25-37-27(22-19-17-12-10-8-6-2)26(3)34-23-21-24-35-29(31,36-32)28(30)33-4/h26-27,31H,5-25H2,1-4H3/p+1. The fraction of sp³-hybridized carbons (Fsp3) is 0.966. The van der Waals surface area contributed by atoms with Crippen LogP contribution >= 0.6 is 20.2 Å². The highest BCUT2D eigenvalue weighted by atomic mass is 32.2. The van der Waals surface area contributed by atoms with Crippen LogP contribution in [0.1, 0.15) is 136 Å². The molecule has 0 aromatic heterocycles. The maximum absolute atomic E-state index is 11.5. The molecule has 0 aromatic carbocycles. The van der Waals surface area contributed by atoms with E-state index < -0.39 is 20.0 Å². The Morgan fingerprint density at radius 3 is 1.84 bits per heavy atom. The van der Waals surface area contributed by atoms with Gasteiger partial charge in [0.25, 0.3) is 0 Å². The summed E-state index contributed by atoms with van der Waals surface area (Å²) in [5, 5.41) is 10.4. The summed E-state index contributed by atoms with van der Waals surface area (Å²) in [4.78, 5) is 11.5. The molecule has 0 rings (SSSR count). The van der Waals surface area contributed by atoms with Crippen LogP contribution in [0.3, 0.4) is 0 Å². The average molecular weight is 566 g/mol. The molecule has 220 valence electrons. The van der Waals surface area contributed by atoms with Crippen molar-refractivity contribution in [1.29, 1.82) is 0 Å². The van der Waals surface area contributed by atoms with Gasteiger partial charge in [0.1, 0.15) is 0 Å². The molecule has 0 radical (unpaired) electrons. The molecule has 8 heteroatoms. The van der Waals surface area contributed by atoms with E-state index in [1.165, 1.54) is 115 Å². The largest absolute Gasteiger partial charge is 0.470 e. The Labute approximate surface area is 233 Å². The molecule has 0 fully saturated rings. The maximum Gasteiger partial charge on any atom is 0.470 e. The number of hydrogen-bond donors (Lipinski definition) is 1. The molecule has 0 saturated carbocycles. The summed E-state index contributed by atoms with van der Waals surface area (Å²) in [6.45, 7) is 7.21. The lowest BCUT2D eigenvalue weighted by Crippen LogP contribution is -2.37. The number of aliphatic hydroxyl groups is 1. The first-order chi connectivity index (χ1) is 17.9. The predicted octanol–water partition coefficient (Wildman–Crippen LogP) is 8.41. The number of hydrogen-bond acceptors (Lipinski definition) is 7. The molecule has 0 heterocycles. The van der Waals surface area contributed by atoms with Gasteiger partial charge in [0, 0.05) is 11.9 Å². The second-order valence-electron chi connectivity index (χ2n) is 10.2. The van der Waals surface area contributed by atoms with E-state index in [-0.39, 0.29) is 12.7 Å². The van der Waals surface area contributed by atoms with Crippen LogP contribution in [-0.4, -0.2) is 54.0 Å². The smallest absolute Gasteiger partial charge is 0.461 e. The zero-order valence-electron chi connectivity index (χ0n) is 24.4. The summed E-state index contributed by atoms with van der Waals surface area (Å²) in [6.07, 6.45) is 23.2. The summed E-state index contributed by atoms with van der Waals surface area (Å²) < 4.78 is 26.8. The van der Waals surface area contributed by atoms with E-state index in [1.807, 2.05) is 0 Å². The van der Waals surface area contributed by atoms with Crippen molar-refractivity contribution in [2.24, 2.45) is 0 Å². The third-order valence-electron chi connectivity index (χ3n) is 6.78. The molecular weight excluding hydrogens is 507 g/mol. The molecule has 4 unspecified atom stereocenters. The van der Waals surface area contributed by atoms with Gasteiger partial charge in [-0.2, -0.15) is 11.8 Å². The molecule has 0 spiro atoms. The summed E-state index contributed by atoms with van der Waals surface area (Å²) in [5.74, 6) is 0.141. The molecule has 37 heavy (non-hydrogen) atoms. The molecule has 0 saturated heterocycles. The fourth-order valence-corrected chi connectivity index (χ4v) is 6.03. The lowest BCUT2D eigenvalue weighted by atomic mass is 10.1. The highest BCUT2D eigenvalue weighted by Gasteiger charge is 2.48. The van der Waals surface area contributed by atoms with E-state index in [0.717, 1.165) is 7.11 Å². The predicted molar refractivity (Wildman–Crippen MR) is 158 cm³/mol. The van der Waals surface area contributed by atoms with Crippen LogP contribution in [0.2, 0.25) is 0 Å². The molecule has 4 atom stereocenters. The van der Waals surface area contributed by atoms with Gasteiger partial charge in [0.05, 0.1) is 19.8 Å². The SMILES string of the molecule is CCCCCCCCCCCCSC(CCCCCCCC)C(C)OCCCOC(O)([PH+]=O)C(=O)OC. The number of rotatable bonds is 28. The van der Waals surface area contributed by atoms with Crippen LogP contribution in [0.15, 0.2) is 0 Å². The Bertz CT molecular complexity index is 539. The third-order valence-corrected chi connectivity index (χ3v) is 8.97. The van der Waals surface area contributed by atoms with Crippen LogP contribution in [0.25, 0.3) is 0 Å². The van der Waals surface area contributed by atoms with Gasteiger partial charge in [-0.05, 0) is 31.9 Å². The van der Waals surface area contributed by atoms with Gasteiger partial charge in [0.2, 0.25) is 0 Å². The van der Waals surface area contributed by atoms with Gasteiger partial charge in [-0.15, -0.1) is 0 Å². The van der Waals surface area contributed by atoms with Crippen molar-refractivity contribution in [2.75, 3.05) is 26.1 Å². The molecule has 0 aliphatic carbocycles. The highest BCUT2D eigenvalue weighted by molar-refractivity contribution is 7.99. The van der Waals surface area contributed by atoms with E-state index >= 15 is 0 Å². The number of unbranched alkanes of at least 4 members (excludes halogenated alkanes) is 14. The summed E-state index contributed by atoms with van der Waals surface area (Å²) in [6, 6.07) is 0. The van der Waals surface area contributed by atoms with Crippen molar-refractivity contribution in [2.45, 2.75) is 153 Å².